The summed E-state index contributed by atoms with van der Waals surface area (Å²) in [4.78, 5) is 11.7. The van der Waals surface area contributed by atoms with Gasteiger partial charge in [-0.3, -0.25) is 4.79 Å². The lowest BCUT2D eigenvalue weighted by Gasteiger charge is -2.44. The van der Waals surface area contributed by atoms with Crippen LogP contribution in [-0.2, 0) is 34.8 Å². The van der Waals surface area contributed by atoms with Gasteiger partial charge in [-0.2, -0.15) is 0 Å². The largest absolute Gasteiger partial charge is 0.469 e. The zero-order chi connectivity index (χ0) is 38.5. The van der Waals surface area contributed by atoms with E-state index >= 15 is 0 Å². The topological polar surface area (TPSA) is 63.2 Å². The predicted octanol–water partition coefficient (Wildman–Crippen LogP) is 9.65. The van der Waals surface area contributed by atoms with Crippen molar-refractivity contribution in [2.24, 2.45) is 11.8 Å². The lowest BCUT2D eigenvalue weighted by Crippen LogP contribution is -2.67. The minimum Gasteiger partial charge on any atom is -0.469 e. The Bertz CT molecular complexity index is 1710. The fourth-order valence-electron chi connectivity index (χ4n) is 8.50. The molecule has 1 heterocycles. The molecule has 4 aromatic rings. The fraction of sp³-hybridized carbons (Fsp3) is 0.438. The second-order valence-corrected chi connectivity index (χ2v) is 20.4. The van der Waals surface area contributed by atoms with Gasteiger partial charge in [0.1, 0.15) is 0 Å². The molecule has 0 bridgehead atoms. The van der Waals surface area contributed by atoms with Crippen molar-refractivity contribution in [3.05, 3.63) is 133 Å². The van der Waals surface area contributed by atoms with Crippen molar-refractivity contribution < 1.29 is 28.2 Å². The molecule has 0 aromatic heterocycles. The number of hydrogen-bond acceptors (Lipinski definition) is 6. The fourth-order valence-corrected chi connectivity index (χ4v) is 13.1. The molecule has 0 spiro atoms. The van der Waals surface area contributed by atoms with Gasteiger partial charge in [0, 0.05) is 32.0 Å². The van der Waals surface area contributed by atoms with Crippen molar-refractivity contribution in [1.29, 1.82) is 0 Å². The van der Waals surface area contributed by atoms with Crippen LogP contribution in [0.5, 0.6) is 0 Å². The highest BCUT2D eigenvalue weighted by Crippen LogP contribution is 2.43. The first-order valence-corrected chi connectivity index (χ1v) is 22.2. The summed E-state index contributed by atoms with van der Waals surface area (Å²) in [5.74, 6) is 0.0736. The molecular weight excluding hydrogens is 701 g/mol. The van der Waals surface area contributed by atoms with Gasteiger partial charge < -0.3 is 23.4 Å². The molecule has 0 radical (unpaired) electrons. The summed E-state index contributed by atoms with van der Waals surface area (Å²) in [5, 5.41) is 2.40. The van der Waals surface area contributed by atoms with Crippen molar-refractivity contribution >= 4 is 24.7 Å². The van der Waals surface area contributed by atoms with E-state index in [9.17, 15) is 4.79 Å². The van der Waals surface area contributed by atoms with Crippen LogP contribution in [-0.4, -0.2) is 53.1 Å². The molecule has 4 aromatic carbocycles. The van der Waals surface area contributed by atoms with Crippen molar-refractivity contribution in [1.82, 2.24) is 0 Å². The highest BCUT2D eigenvalue weighted by atomic mass is 28.4. The maximum atomic E-state index is 11.7. The molecule has 0 amide bonds. The lowest BCUT2D eigenvalue weighted by atomic mass is 9.90. The van der Waals surface area contributed by atoms with Gasteiger partial charge >= 0.3 is 5.97 Å². The number of hydrogen-bond donors (Lipinski definition) is 0. The Hall–Kier alpha value is -3.85. The molecule has 7 heteroatoms. The van der Waals surface area contributed by atoms with Gasteiger partial charge in [0.2, 0.25) is 0 Å². The Labute approximate surface area is 330 Å². The Morgan fingerprint density at radius 1 is 0.782 bits per heavy atom. The summed E-state index contributed by atoms with van der Waals surface area (Å²) in [6.07, 6.45) is 10.9. The normalized spacial score (nSPS) is 21.9. The van der Waals surface area contributed by atoms with E-state index in [-0.39, 0.29) is 41.3 Å². The second-order valence-electron chi connectivity index (χ2n) is 16.1. The van der Waals surface area contributed by atoms with E-state index in [4.69, 9.17) is 23.4 Å². The molecule has 2 aliphatic rings. The number of allylic oxidation sites excluding steroid dienone is 2. The van der Waals surface area contributed by atoms with Crippen LogP contribution in [0.4, 0.5) is 0 Å². The van der Waals surface area contributed by atoms with Gasteiger partial charge in [-0.25, -0.2) is 0 Å². The number of esters is 1. The van der Waals surface area contributed by atoms with Gasteiger partial charge in [-0.1, -0.05) is 148 Å². The highest BCUT2D eigenvalue weighted by molar-refractivity contribution is 6.99. The molecule has 6 rings (SSSR count). The molecule has 1 aliphatic carbocycles. The van der Waals surface area contributed by atoms with Crippen LogP contribution in [0.15, 0.2) is 127 Å². The molecule has 1 saturated carbocycles. The minimum absolute atomic E-state index is 0.0325. The molecule has 292 valence electrons. The Morgan fingerprint density at radius 3 is 2.02 bits per heavy atom. The summed E-state index contributed by atoms with van der Waals surface area (Å²) in [6, 6.07) is 41.0. The molecule has 1 unspecified atom stereocenters. The van der Waals surface area contributed by atoms with Crippen LogP contribution in [0, 0.1) is 11.8 Å². The molecule has 2 fully saturated rings. The third-order valence-electron chi connectivity index (χ3n) is 11.4. The average Bonchev–Trinajstić information content (AvgIpc) is 3.54. The van der Waals surface area contributed by atoms with Gasteiger partial charge in [-0.15, -0.1) is 0 Å². The SMILES string of the molecule is COC(=O)CCC/C=C\C[C@@H]1[C@@H](CO[Si](c2ccccc2)(c2ccccc2)C(C)(C)C)[C@H](OC2CCCCO2)C[C@@H]1OCc1ccc(-c2ccccc2)cc1. The number of benzene rings is 4. The van der Waals surface area contributed by atoms with Crippen molar-refractivity contribution in [3.63, 3.8) is 0 Å². The van der Waals surface area contributed by atoms with E-state index in [1.54, 1.807) is 0 Å². The second kappa shape index (κ2) is 19.8. The van der Waals surface area contributed by atoms with Gasteiger partial charge in [0.15, 0.2) is 6.29 Å². The standard InChI is InChI=1S/C48H60O6Si/c1-48(2,3)55(40-22-12-8-13-23-40,41-24-14-9-15-25-41)53-36-43-42(26-16-5-6-17-27-46(49)50-4)44(34-45(43)54-47-28-18-19-33-51-47)52-35-37-29-31-39(32-30-37)38-20-10-7-11-21-38/h5,7-16,20-25,29-32,42-45,47H,6,17-19,26-28,33-36H2,1-4H3/b16-5-/t42-,43-,44+,45-,47?/m1/s1. The summed E-state index contributed by atoms with van der Waals surface area (Å²) >= 11 is 0. The first-order chi connectivity index (χ1) is 26.8. The highest BCUT2D eigenvalue weighted by Gasteiger charge is 2.52. The van der Waals surface area contributed by atoms with E-state index in [0.29, 0.717) is 19.6 Å². The molecule has 0 N–H and O–H groups in total. The van der Waals surface area contributed by atoms with Crippen LogP contribution in [0.2, 0.25) is 5.04 Å². The number of unbranched alkanes of at least 4 members (excludes halogenated alkanes) is 1. The summed E-state index contributed by atoms with van der Waals surface area (Å²) in [6.45, 7) is 8.81. The smallest absolute Gasteiger partial charge is 0.305 e. The average molecular weight is 761 g/mol. The molecule has 55 heavy (non-hydrogen) atoms. The molecule has 1 saturated heterocycles. The number of carbonyl (C=O) groups is 1. The quantitative estimate of drug-likeness (QED) is 0.0463. The first-order valence-electron chi connectivity index (χ1n) is 20.3. The van der Waals surface area contributed by atoms with E-state index in [1.807, 2.05) is 6.07 Å². The first kappa shape index (κ1) is 40.8. The van der Waals surface area contributed by atoms with E-state index < -0.39 is 8.32 Å². The van der Waals surface area contributed by atoms with Crippen LogP contribution < -0.4 is 10.4 Å². The number of ether oxygens (including phenoxy) is 4. The van der Waals surface area contributed by atoms with E-state index in [2.05, 4.69) is 142 Å². The van der Waals surface area contributed by atoms with Crippen molar-refractivity contribution in [2.45, 2.75) is 102 Å². The Balaban J connectivity index is 1.29. The van der Waals surface area contributed by atoms with Crippen LogP contribution in [0.25, 0.3) is 11.1 Å². The summed E-state index contributed by atoms with van der Waals surface area (Å²) < 4.78 is 32.6. The Morgan fingerprint density at radius 2 is 1.42 bits per heavy atom. The number of methoxy groups -OCH3 is 1. The summed E-state index contributed by atoms with van der Waals surface area (Å²) in [5.41, 5.74) is 3.55. The lowest BCUT2D eigenvalue weighted by molar-refractivity contribution is -0.198. The number of rotatable bonds is 17. The van der Waals surface area contributed by atoms with Gasteiger partial charge in [-0.05, 0) is 76.5 Å². The number of carbonyl (C=O) groups excluding carboxylic acids is 1. The minimum atomic E-state index is -2.81. The van der Waals surface area contributed by atoms with Crippen molar-refractivity contribution in [3.8, 4) is 11.1 Å². The zero-order valence-electron chi connectivity index (χ0n) is 33.2. The molecule has 5 atom stereocenters. The van der Waals surface area contributed by atoms with Crippen LogP contribution in [0.1, 0.15) is 77.7 Å². The third-order valence-corrected chi connectivity index (χ3v) is 16.4. The van der Waals surface area contributed by atoms with E-state index in [1.165, 1.54) is 28.6 Å². The monoisotopic (exact) mass is 760 g/mol. The third kappa shape index (κ3) is 10.5. The van der Waals surface area contributed by atoms with Gasteiger partial charge in [0.25, 0.3) is 8.32 Å². The summed E-state index contributed by atoms with van der Waals surface area (Å²) in [7, 11) is -1.36. The predicted molar refractivity (Wildman–Crippen MR) is 224 cm³/mol. The van der Waals surface area contributed by atoms with Crippen LogP contribution in [0.3, 0.4) is 0 Å². The molecular formula is C48H60O6Si. The van der Waals surface area contributed by atoms with E-state index in [0.717, 1.165) is 57.1 Å². The maximum absolute atomic E-state index is 11.7. The maximum Gasteiger partial charge on any atom is 0.305 e. The zero-order valence-corrected chi connectivity index (χ0v) is 34.2. The van der Waals surface area contributed by atoms with Gasteiger partial charge in [0.05, 0.1) is 25.9 Å². The Kier molecular flexibility index (Phi) is 14.7. The van der Waals surface area contributed by atoms with Crippen LogP contribution >= 0.6 is 0 Å². The molecule has 6 nitrogen and oxygen atoms in total. The molecule has 1 aliphatic heterocycles. The van der Waals surface area contributed by atoms with Crippen molar-refractivity contribution in [2.75, 3.05) is 20.3 Å².